The number of carbonyl (C=O) groups excluding carboxylic acids is 1. The Morgan fingerprint density at radius 2 is 2.14 bits per heavy atom. The van der Waals surface area contributed by atoms with E-state index in [0.29, 0.717) is 17.9 Å². The molecule has 5 nitrogen and oxygen atoms in total. The van der Waals surface area contributed by atoms with Crippen LogP contribution in [0, 0.1) is 5.92 Å². The molecule has 21 heavy (non-hydrogen) atoms. The molecular formula is C16H16N2O3. The summed E-state index contributed by atoms with van der Waals surface area (Å²) in [6.07, 6.45) is 5.93. The highest BCUT2D eigenvalue weighted by Gasteiger charge is 2.30. The third kappa shape index (κ3) is 3.02. The molecule has 1 heterocycles. The van der Waals surface area contributed by atoms with E-state index in [1.807, 2.05) is 6.07 Å². The van der Waals surface area contributed by atoms with Crippen LogP contribution < -0.4 is 5.32 Å². The Labute approximate surface area is 122 Å². The van der Waals surface area contributed by atoms with Crippen molar-refractivity contribution in [3.8, 4) is 0 Å². The van der Waals surface area contributed by atoms with E-state index < -0.39 is 12.0 Å². The first-order valence-electron chi connectivity index (χ1n) is 7.01. The number of carboxylic acids is 1. The van der Waals surface area contributed by atoms with Crippen LogP contribution in [-0.4, -0.2) is 28.0 Å². The molecular weight excluding hydrogens is 268 g/mol. The minimum atomic E-state index is -0.975. The summed E-state index contributed by atoms with van der Waals surface area (Å²) in [7, 11) is 0. The van der Waals surface area contributed by atoms with Gasteiger partial charge in [-0.15, -0.1) is 0 Å². The summed E-state index contributed by atoms with van der Waals surface area (Å²) < 4.78 is 0. The van der Waals surface area contributed by atoms with Crippen LogP contribution in [0.2, 0.25) is 0 Å². The molecule has 1 amide bonds. The monoisotopic (exact) mass is 284 g/mol. The van der Waals surface area contributed by atoms with Crippen LogP contribution in [0.4, 0.5) is 0 Å². The Kier molecular flexibility index (Phi) is 3.56. The maximum atomic E-state index is 12.4. The van der Waals surface area contributed by atoms with E-state index in [9.17, 15) is 14.7 Å². The molecule has 108 valence electrons. The topological polar surface area (TPSA) is 79.3 Å². The Balaban J connectivity index is 1.84. The first-order chi connectivity index (χ1) is 10.1. The molecule has 1 aliphatic rings. The molecule has 0 radical (unpaired) electrons. The summed E-state index contributed by atoms with van der Waals surface area (Å²) in [5.41, 5.74) is 0.483. The molecule has 0 saturated heterocycles. The lowest BCUT2D eigenvalue weighted by atomic mass is 10.0. The summed E-state index contributed by atoms with van der Waals surface area (Å²) >= 11 is 0. The summed E-state index contributed by atoms with van der Waals surface area (Å²) in [6.45, 7) is 0. The Bertz CT molecular complexity index is 689. The molecule has 5 heteroatoms. The molecule has 1 atom stereocenters. The van der Waals surface area contributed by atoms with Gasteiger partial charge in [0.15, 0.2) is 0 Å². The number of hydrogen-bond acceptors (Lipinski definition) is 3. The van der Waals surface area contributed by atoms with E-state index in [4.69, 9.17) is 0 Å². The van der Waals surface area contributed by atoms with Gasteiger partial charge in [0.2, 0.25) is 0 Å². The minimum Gasteiger partial charge on any atom is -0.480 e. The van der Waals surface area contributed by atoms with E-state index in [1.54, 1.807) is 30.6 Å². The molecule has 0 spiro atoms. The summed E-state index contributed by atoms with van der Waals surface area (Å²) in [4.78, 5) is 27.7. The second kappa shape index (κ2) is 5.52. The van der Waals surface area contributed by atoms with Crippen molar-refractivity contribution in [3.05, 3.63) is 42.2 Å². The van der Waals surface area contributed by atoms with E-state index in [2.05, 4.69) is 10.3 Å². The predicted molar refractivity (Wildman–Crippen MR) is 78.0 cm³/mol. The molecule has 1 aromatic carbocycles. The Hall–Kier alpha value is -2.43. The highest BCUT2D eigenvalue weighted by Crippen LogP contribution is 2.33. The lowest BCUT2D eigenvalue weighted by molar-refractivity contribution is -0.139. The fourth-order valence-corrected chi connectivity index (χ4v) is 2.46. The van der Waals surface area contributed by atoms with Gasteiger partial charge in [0.1, 0.15) is 6.04 Å². The van der Waals surface area contributed by atoms with Crippen molar-refractivity contribution in [1.29, 1.82) is 0 Å². The third-order valence-electron chi connectivity index (χ3n) is 3.79. The van der Waals surface area contributed by atoms with Gasteiger partial charge in [0, 0.05) is 23.3 Å². The van der Waals surface area contributed by atoms with Gasteiger partial charge in [-0.2, -0.15) is 0 Å². The standard InChI is InChI=1S/C16H16N2O3/c19-15(18-14(16(20)21)8-10-4-5-10)13-3-1-2-11-9-17-7-6-12(11)13/h1-3,6-7,9-10,14H,4-5,8H2,(H,18,19)(H,20,21). The zero-order valence-electron chi connectivity index (χ0n) is 11.5. The van der Waals surface area contributed by atoms with Crippen LogP contribution in [0.15, 0.2) is 36.7 Å². The van der Waals surface area contributed by atoms with Gasteiger partial charge < -0.3 is 10.4 Å². The van der Waals surface area contributed by atoms with Crippen molar-refractivity contribution in [2.45, 2.75) is 25.3 Å². The number of aromatic nitrogens is 1. The van der Waals surface area contributed by atoms with Gasteiger partial charge in [0.25, 0.3) is 5.91 Å². The number of amides is 1. The normalized spacial score (nSPS) is 15.6. The van der Waals surface area contributed by atoms with Gasteiger partial charge in [-0.1, -0.05) is 25.0 Å². The van der Waals surface area contributed by atoms with Crippen LogP contribution in [0.1, 0.15) is 29.6 Å². The van der Waals surface area contributed by atoms with Crippen molar-refractivity contribution < 1.29 is 14.7 Å². The summed E-state index contributed by atoms with van der Waals surface area (Å²) in [5.74, 6) is -0.889. The van der Waals surface area contributed by atoms with Gasteiger partial charge in [-0.3, -0.25) is 9.78 Å². The molecule has 1 saturated carbocycles. The first kappa shape index (κ1) is 13.5. The van der Waals surface area contributed by atoms with Crippen LogP contribution in [0.25, 0.3) is 10.8 Å². The van der Waals surface area contributed by atoms with Gasteiger partial charge in [-0.05, 0) is 29.9 Å². The number of nitrogens with zero attached hydrogens (tertiary/aromatic N) is 1. The molecule has 1 aromatic heterocycles. The van der Waals surface area contributed by atoms with Crippen LogP contribution in [-0.2, 0) is 4.79 Å². The lowest BCUT2D eigenvalue weighted by Gasteiger charge is -2.15. The fourth-order valence-electron chi connectivity index (χ4n) is 2.46. The van der Waals surface area contributed by atoms with E-state index in [-0.39, 0.29) is 5.91 Å². The molecule has 1 aliphatic carbocycles. The van der Waals surface area contributed by atoms with Crippen LogP contribution >= 0.6 is 0 Å². The Morgan fingerprint density at radius 1 is 1.33 bits per heavy atom. The molecule has 2 N–H and O–H groups in total. The number of hydrogen-bond donors (Lipinski definition) is 2. The van der Waals surface area contributed by atoms with Gasteiger partial charge in [-0.25, -0.2) is 4.79 Å². The van der Waals surface area contributed by atoms with Gasteiger partial charge in [0.05, 0.1) is 0 Å². The molecule has 3 rings (SSSR count). The van der Waals surface area contributed by atoms with Gasteiger partial charge >= 0.3 is 5.97 Å². The highest BCUT2D eigenvalue weighted by molar-refractivity contribution is 6.07. The van der Waals surface area contributed by atoms with Crippen molar-refractivity contribution in [2.75, 3.05) is 0 Å². The number of rotatable bonds is 5. The first-order valence-corrected chi connectivity index (χ1v) is 7.01. The maximum absolute atomic E-state index is 12.4. The number of pyridine rings is 1. The smallest absolute Gasteiger partial charge is 0.326 e. The van der Waals surface area contributed by atoms with E-state index >= 15 is 0 Å². The number of benzene rings is 1. The van der Waals surface area contributed by atoms with E-state index in [1.165, 1.54) is 0 Å². The molecule has 1 fully saturated rings. The SMILES string of the molecule is O=C(NC(CC1CC1)C(=O)O)c1cccc2cnccc12. The highest BCUT2D eigenvalue weighted by atomic mass is 16.4. The molecule has 0 aliphatic heterocycles. The quantitative estimate of drug-likeness (QED) is 0.882. The fraction of sp³-hybridized carbons (Fsp3) is 0.312. The zero-order chi connectivity index (χ0) is 14.8. The predicted octanol–water partition coefficient (Wildman–Crippen LogP) is 2.22. The largest absolute Gasteiger partial charge is 0.480 e. The van der Waals surface area contributed by atoms with Crippen molar-refractivity contribution in [3.63, 3.8) is 0 Å². The average Bonchev–Trinajstić information content (AvgIpc) is 3.29. The number of carboxylic acid groups (broad SMARTS) is 1. The van der Waals surface area contributed by atoms with Crippen LogP contribution in [0.5, 0.6) is 0 Å². The molecule has 0 bridgehead atoms. The van der Waals surface area contributed by atoms with Crippen molar-refractivity contribution >= 4 is 22.6 Å². The summed E-state index contributed by atoms with van der Waals surface area (Å²) in [6, 6.07) is 6.30. The zero-order valence-corrected chi connectivity index (χ0v) is 11.5. The number of fused-ring (bicyclic) bond motifs is 1. The number of aliphatic carboxylic acids is 1. The maximum Gasteiger partial charge on any atom is 0.326 e. The summed E-state index contributed by atoms with van der Waals surface area (Å²) in [5, 5.41) is 13.5. The average molecular weight is 284 g/mol. The second-order valence-corrected chi connectivity index (χ2v) is 5.45. The number of carbonyl (C=O) groups is 2. The second-order valence-electron chi connectivity index (χ2n) is 5.45. The van der Waals surface area contributed by atoms with Crippen LogP contribution in [0.3, 0.4) is 0 Å². The van der Waals surface area contributed by atoms with Crippen molar-refractivity contribution in [1.82, 2.24) is 10.3 Å². The third-order valence-corrected chi connectivity index (χ3v) is 3.79. The Morgan fingerprint density at radius 3 is 2.86 bits per heavy atom. The molecule has 1 unspecified atom stereocenters. The number of nitrogens with one attached hydrogen (secondary N) is 1. The molecule has 2 aromatic rings. The van der Waals surface area contributed by atoms with Crippen molar-refractivity contribution in [2.24, 2.45) is 5.92 Å². The minimum absolute atomic E-state index is 0.347. The van der Waals surface area contributed by atoms with E-state index in [0.717, 1.165) is 23.6 Å². The lowest BCUT2D eigenvalue weighted by Crippen LogP contribution is -2.41.